The summed E-state index contributed by atoms with van der Waals surface area (Å²) in [5.74, 6) is 2.56. The highest BCUT2D eigenvalue weighted by Crippen LogP contribution is 2.40. The molecule has 0 unspecified atom stereocenters. The summed E-state index contributed by atoms with van der Waals surface area (Å²) in [5, 5.41) is 1.06. The maximum Gasteiger partial charge on any atom is 0.330 e. The van der Waals surface area contributed by atoms with E-state index in [0.29, 0.717) is 34.3 Å². The molecule has 0 radical (unpaired) electrons. The second kappa shape index (κ2) is 7.33. The van der Waals surface area contributed by atoms with Crippen LogP contribution in [0, 0.1) is 6.92 Å². The fraction of sp³-hybridized carbons (Fsp3) is 0.429. The number of H-pyrrole nitrogens is 1. The molecule has 1 aromatic carbocycles. The van der Waals surface area contributed by atoms with E-state index in [0.717, 1.165) is 42.8 Å². The van der Waals surface area contributed by atoms with Crippen LogP contribution < -0.4 is 16.0 Å². The van der Waals surface area contributed by atoms with Gasteiger partial charge in [-0.15, -0.1) is 11.8 Å². The molecule has 2 fully saturated rings. The summed E-state index contributed by atoms with van der Waals surface area (Å²) in [6.45, 7) is 2.53. The molecule has 0 bridgehead atoms. The highest BCUT2D eigenvalue weighted by molar-refractivity contribution is 7.99. The first-order valence-corrected chi connectivity index (χ1v) is 11.0. The van der Waals surface area contributed by atoms with E-state index < -0.39 is 5.56 Å². The predicted molar refractivity (Wildman–Crippen MR) is 112 cm³/mol. The molecule has 2 aliphatic carbocycles. The van der Waals surface area contributed by atoms with Crippen molar-refractivity contribution in [2.45, 2.75) is 49.6 Å². The Morgan fingerprint density at radius 2 is 2.03 bits per heavy atom. The molecule has 2 heterocycles. The van der Waals surface area contributed by atoms with E-state index in [1.807, 2.05) is 31.2 Å². The number of hydrogen-bond acceptors (Lipinski definition) is 6. The van der Waals surface area contributed by atoms with Gasteiger partial charge in [0.25, 0.3) is 5.56 Å². The van der Waals surface area contributed by atoms with Crippen LogP contribution in [0.15, 0.2) is 38.9 Å². The minimum atomic E-state index is -0.411. The molecule has 2 aliphatic rings. The highest BCUT2D eigenvalue weighted by atomic mass is 32.2. The van der Waals surface area contributed by atoms with Gasteiger partial charge in [-0.3, -0.25) is 14.3 Å². The van der Waals surface area contributed by atoms with Gasteiger partial charge in [-0.25, -0.2) is 14.8 Å². The maximum atomic E-state index is 12.6. The van der Waals surface area contributed by atoms with E-state index >= 15 is 0 Å². The number of fused-ring (bicyclic) bond motifs is 1. The topological polar surface area (TPSA) is 89.9 Å². The number of benzene rings is 1. The number of nitrogens with zero attached hydrogens (tertiary/aromatic N) is 3. The zero-order chi connectivity index (χ0) is 20.0. The van der Waals surface area contributed by atoms with Crippen LogP contribution >= 0.6 is 11.8 Å². The molecule has 0 aliphatic heterocycles. The SMILES string of the molecule is Cc1cccc(OCCSc2nc(C3CC3)nc3c2c(=O)[nH]c(=O)n3C2CC2)c1. The summed E-state index contributed by atoms with van der Waals surface area (Å²) in [5.41, 5.74) is 0.853. The van der Waals surface area contributed by atoms with Gasteiger partial charge in [0.05, 0.1) is 6.61 Å². The molecule has 5 rings (SSSR count). The van der Waals surface area contributed by atoms with Crippen molar-refractivity contribution in [1.82, 2.24) is 19.5 Å². The lowest BCUT2D eigenvalue weighted by Crippen LogP contribution is -2.31. The van der Waals surface area contributed by atoms with Gasteiger partial charge < -0.3 is 4.74 Å². The van der Waals surface area contributed by atoms with Crippen LogP contribution in [-0.2, 0) is 0 Å². The number of nitrogens with one attached hydrogen (secondary N) is 1. The van der Waals surface area contributed by atoms with Crippen molar-refractivity contribution < 1.29 is 4.74 Å². The molecule has 8 heteroatoms. The minimum Gasteiger partial charge on any atom is -0.493 e. The highest BCUT2D eigenvalue weighted by Gasteiger charge is 2.32. The summed E-state index contributed by atoms with van der Waals surface area (Å²) >= 11 is 1.48. The Kier molecular flexibility index (Phi) is 4.66. The summed E-state index contributed by atoms with van der Waals surface area (Å²) in [6.07, 6.45) is 4.00. The molecule has 2 aromatic heterocycles. The Labute approximate surface area is 171 Å². The van der Waals surface area contributed by atoms with Crippen LogP contribution in [0.2, 0.25) is 0 Å². The predicted octanol–water partition coefficient (Wildman–Crippen LogP) is 3.17. The van der Waals surface area contributed by atoms with Crippen molar-refractivity contribution in [3.05, 3.63) is 56.5 Å². The number of hydrogen-bond donors (Lipinski definition) is 1. The molecule has 150 valence electrons. The van der Waals surface area contributed by atoms with Crippen LogP contribution in [0.25, 0.3) is 11.0 Å². The average Bonchev–Trinajstić information content (AvgIpc) is 3.58. The molecular formula is C21H22N4O3S. The Hall–Kier alpha value is -2.61. The first kappa shape index (κ1) is 18.4. The molecule has 0 amide bonds. The van der Waals surface area contributed by atoms with Crippen LogP contribution in [-0.4, -0.2) is 31.9 Å². The maximum absolute atomic E-state index is 12.6. The molecule has 7 nitrogen and oxygen atoms in total. The Balaban J connectivity index is 1.45. The van der Waals surface area contributed by atoms with E-state index in [4.69, 9.17) is 9.72 Å². The van der Waals surface area contributed by atoms with Crippen molar-refractivity contribution in [1.29, 1.82) is 0 Å². The largest absolute Gasteiger partial charge is 0.493 e. The van der Waals surface area contributed by atoms with E-state index in [2.05, 4.69) is 9.97 Å². The third-order valence-corrected chi connectivity index (χ3v) is 6.14. The fourth-order valence-corrected chi connectivity index (χ4v) is 4.28. The van der Waals surface area contributed by atoms with Gasteiger partial charge in [-0.05, 0) is 50.3 Å². The Bertz CT molecular complexity index is 1190. The molecule has 0 saturated heterocycles. The number of aromatic amines is 1. The quantitative estimate of drug-likeness (QED) is 0.366. The van der Waals surface area contributed by atoms with Crippen molar-refractivity contribution in [3.63, 3.8) is 0 Å². The van der Waals surface area contributed by atoms with Gasteiger partial charge in [0.15, 0.2) is 5.65 Å². The normalized spacial score (nSPS) is 16.3. The third-order valence-electron chi connectivity index (χ3n) is 5.20. The van der Waals surface area contributed by atoms with Crippen LogP contribution in [0.5, 0.6) is 5.75 Å². The number of aromatic nitrogens is 4. The number of ether oxygens (including phenoxy) is 1. The molecule has 0 spiro atoms. The van der Waals surface area contributed by atoms with Gasteiger partial charge >= 0.3 is 5.69 Å². The first-order chi connectivity index (χ1) is 14.1. The van der Waals surface area contributed by atoms with Crippen LogP contribution in [0.4, 0.5) is 0 Å². The Morgan fingerprint density at radius 3 is 2.76 bits per heavy atom. The van der Waals surface area contributed by atoms with Gasteiger partial charge in [0.2, 0.25) is 0 Å². The zero-order valence-corrected chi connectivity index (χ0v) is 17.0. The number of aryl methyl sites for hydroxylation is 1. The smallest absolute Gasteiger partial charge is 0.330 e. The first-order valence-electron chi connectivity index (χ1n) is 9.99. The van der Waals surface area contributed by atoms with E-state index in [1.165, 1.54) is 11.8 Å². The summed E-state index contributed by atoms with van der Waals surface area (Å²) in [4.78, 5) is 36.8. The monoisotopic (exact) mass is 410 g/mol. The third kappa shape index (κ3) is 3.81. The van der Waals surface area contributed by atoms with E-state index in [-0.39, 0.29) is 11.7 Å². The van der Waals surface area contributed by atoms with Crippen molar-refractivity contribution >= 4 is 22.8 Å². The van der Waals surface area contributed by atoms with E-state index in [9.17, 15) is 9.59 Å². The number of rotatable bonds is 7. The second-order valence-electron chi connectivity index (χ2n) is 7.73. The summed E-state index contributed by atoms with van der Waals surface area (Å²) < 4.78 is 7.48. The molecular weight excluding hydrogens is 388 g/mol. The molecule has 1 N–H and O–H groups in total. The lowest BCUT2D eigenvalue weighted by atomic mass is 10.2. The lowest BCUT2D eigenvalue weighted by Gasteiger charge is -2.12. The standard InChI is InChI=1S/C21H22N4O3S/c1-12-3-2-4-15(11-12)28-9-10-29-20-16-18(22-17(23-20)13-5-6-13)25(14-7-8-14)21(27)24-19(16)26/h2-4,11,13-14H,5-10H2,1H3,(H,24,26,27). The summed E-state index contributed by atoms with van der Waals surface area (Å²) in [7, 11) is 0. The number of thioether (sulfide) groups is 1. The van der Waals surface area contributed by atoms with Gasteiger partial charge in [0, 0.05) is 17.7 Å². The zero-order valence-electron chi connectivity index (χ0n) is 16.2. The van der Waals surface area contributed by atoms with Gasteiger partial charge in [-0.2, -0.15) is 0 Å². The summed E-state index contributed by atoms with van der Waals surface area (Å²) in [6, 6.07) is 8.05. The molecule has 0 atom stereocenters. The molecule has 3 aromatic rings. The van der Waals surface area contributed by atoms with Crippen molar-refractivity contribution in [2.75, 3.05) is 12.4 Å². The van der Waals surface area contributed by atoms with Gasteiger partial charge in [0.1, 0.15) is 22.0 Å². The van der Waals surface area contributed by atoms with Crippen LogP contribution in [0.1, 0.15) is 49.0 Å². The van der Waals surface area contributed by atoms with E-state index in [1.54, 1.807) is 4.57 Å². The van der Waals surface area contributed by atoms with Crippen molar-refractivity contribution in [3.8, 4) is 5.75 Å². The lowest BCUT2D eigenvalue weighted by molar-refractivity contribution is 0.343. The Morgan fingerprint density at radius 1 is 1.21 bits per heavy atom. The average molecular weight is 410 g/mol. The van der Waals surface area contributed by atoms with Crippen molar-refractivity contribution in [2.24, 2.45) is 0 Å². The second-order valence-corrected chi connectivity index (χ2v) is 8.82. The molecule has 2 saturated carbocycles. The van der Waals surface area contributed by atoms with Crippen LogP contribution in [0.3, 0.4) is 0 Å². The molecule has 29 heavy (non-hydrogen) atoms. The van der Waals surface area contributed by atoms with Gasteiger partial charge in [-0.1, -0.05) is 12.1 Å². The fourth-order valence-electron chi connectivity index (χ4n) is 3.44. The minimum absolute atomic E-state index is 0.131.